The van der Waals surface area contributed by atoms with Gasteiger partial charge in [0.05, 0.1) is 11.8 Å². The highest BCUT2D eigenvalue weighted by Crippen LogP contribution is 2.17. The van der Waals surface area contributed by atoms with Crippen molar-refractivity contribution >= 4 is 11.9 Å². The Hall–Kier alpha value is -1.06. The molecule has 0 aromatic heterocycles. The first-order valence-electron chi connectivity index (χ1n) is 4.77. The second-order valence-electron chi connectivity index (χ2n) is 3.44. The van der Waals surface area contributed by atoms with Gasteiger partial charge >= 0.3 is 11.9 Å². The Bertz CT molecular complexity index is 200. The summed E-state index contributed by atoms with van der Waals surface area (Å²) in [5, 5.41) is 17.3. The highest BCUT2D eigenvalue weighted by Gasteiger charge is 2.19. The summed E-state index contributed by atoms with van der Waals surface area (Å²) in [5.41, 5.74) is 0. The van der Waals surface area contributed by atoms with Crippen molar-refractivity contribution in [1.29, 1.82) is 0 Å². The third-order valence-corrected chi connectivity index (χ3v) is 2.20. The summed E-state index contributed by atoms with van der Waals surface area (Å²) in [7, 11) is 0. The van der Waals surface area contributed by atoms with Gasteiger partial charge in [0, 0.05) is 0 Å². The first-order valence-corrected chi connectivity index (χ1v) is 4.77. The monoisotopic (exact) mass is 201 g/mol. The maximum absolute atomic E-state index is 10.7. The first-order chi connectivity index (χ1) is 6.49. The lowest BCUT2D eigenvalue weighted by Gasteiger charge is -2.12. The van der Waals surface area contributed by atoms with Crippen molar-refractivity contribution in [3.8, 4) is 0 Å². The van der Waals surface area contributed by atoms with Crippen LogP contribution in [0.4, 0.5) is 0 Å². The van der Waals surface area contributed by atoms with E-state index in [4.69, 9.17) is 10.2 Å². The van der Waals surface area contributed by atoms with E-state index in [1.165, 1.54) is 0 Å². The van der Waals surface area contributed by atoms with E-state index >= 15 is 0 Å². The number of rotatable bonds is 7. The molecule has 0 spiro atoms. The van der Waals surface area contributed by atoms with Crippen molar-refractivity contribution in [3.63, 3.8) is 0 Å². The van der Waals surface area contributed by atoms with E-state index in [1.54, 1.807) is 0 Å². The van der Waals surface area contributed by atoms with Crippen LogP contribution in [0, 0.1) is 18.8 Å². The molecule has 4 heteroatoms. The Labute approximate surface area is 83.9 Å². The molecular weight excluding hydrogens is 184 g/mol. The lowest BCUT2D eigenvalue weighted by atomic mass is 9.93. The number of hydrogen-bond acceptors (Lipinski definition) is 2. The molecule has 0 heterocycles. The minimum Gasteiger partial charge on any atom is -0.481 e. The second-order valence-corrected chi connectivity index (χ2v) is 3.44. The van der Waals surface area contributed by atoms with Crippen LogP contribution in [0.1, 0.15) is 32.6 Å². The molecule has 2 N–H and O–H groups in total. The van der Waals surface area contributed by atoms with Crippen LogP contribution in [-0.4, -0.2) is 22.2 Å². The van der Waals surface area contributed by atoms with Crippen LogP contribution in [0.15, 0.2) is 0 Å². The predicted molar refractivity (Wildman–Crippen MR) is 51.8 cm³/mol. The first kappa shape index (κ1) is 12.9. The molecule has 0 fully saturated rings. The van der Waals surface area contributed by atoms with E-state index in [0.29, 0.717) is 19.3 Å². The van der Waals surface area contributed by atoms with Gasteiger partial charge in [0.1, 0.15) is 0 Å². The highest BCUT2D eigenvalue weighted by atomic mass is 16.4. The van der Waals surface area contributed by atoms with Crippen LogP contribution < -0.4 is 0 Å². The van der Waals surface area contributed by atoms with Crippen LogP contribution in [0.3, 0.4) is 0 Å². The fourth-order valence-electron chi connectivity index (χ4n) is 1.27. The normalized spacial score (nSPS) is 14.7. The van der Waals surface area contributed by atoms with Crippen molar-refractivity contribution in [2.24, 2.45) is 11.8 Å². The van der Waals surface area contributed by atoms with E-state index in [1.807, 2.05) is 6.92 Å². The maximum Gasteiger partial charge on any atom is 0.306 e. The lowest BCUT2D eigenvalue weighted by molar-refractivity contribution is -0.144. The molecule has 0 aromatic carbocycles. The third-order valence-electron chi connectivity index (χ3n) is 2.20. The average Bonchev–Trinajstić information content (AvgIpc) is 2.10. The Kier molecular flexibility index (Phi) is 5.92. The quantitative estimate of drug-likeness (QED) is 0.658. The molecule has 14 heavy (non-hydrogen) atoms. The molecule has 0 aliphatic heterocycles. The molecule has 2 atom stereocenters. The Morgan fingerprint density at radius 3 is 2.07 bits per heavy atom. The second kappa shape index (κ2) is 6.40. The number of carboxylic acids is 2. The van der Waals surface area contributed by atoms with Crippen molar-refractivity contribution in [3.05, 3.63) is 6.92 Å². The van der Waals surface area contributed by atoms with Gasteiger partial charge in [0.2, 0.25) is 0 Å². The van der Waals surface area contributed by atoms with Gasteiger partial charge in [-0.25, -0.2) is 0 Å². The van der Waals surface area contributed by atoms with Gasteiger partial charge < -0.3 is 10.2 Å². The number of hydrogen-bond donors (Lipinski definition) is 2. The third kappa shape index (κ3) is 4.84. The summed E-state index contributed by atoms with van der Waals surface area (Å²) in [4.78, 5) is 21.1. The molecule has 0 amide bonds. The van der Waals surface area contributed by atoms with Crippen molar-refractivity contribution in [1.82, 2.24) is 0 Å². The summed E-state index contributed by atoms with van der Waals surface area (Å²) in [5.74, 6) is -2.94. The SMILES string of the molecule is [CH2]C(CCC(CCC)C(=O)O)C(=O)O. The summed E-state index contributed by atoms with van der Waals surface area (Å²) in [6, 6.07) is 0. The molecule has 1 radical (unpaired) electrons. The van der Waals surface area contributed by atoms with Crippen molar-refractivity contribution < 1.29 is 19.8 Å². The van der Waals surface area contributed by atoms with Gasteiger partial charge in [0.25, 0.3) is 0 Å². The minimum atomic E-state index is -0.967. The van der Waals surface area contributed by atoms with Gasteiger partial charge in [-0.05, 0) is 26.2 Å². The molecule has 0 aromatic rings. The van der Waals surface area contributed by atoms with Gasteiger partial charge in [-0.3, -0.25) is 9.59 Å². The number of carbonyl (C=O) groups is 2. The molecule has 0 saturated carbocycles. The zero-order valence-corrected chi connectivity index (χ0v) is 8.40. The predicted octanol–water partition coefficient (Wildman–Crippen LogP) is 1.80. The number of carboxylic acid groups (broad SMARTS) is 2. The van der Waals surface area contributed by atoms with Crippen LogP contribution in [-0.2, 0) is 9.59 Å². The Balaban J connectivity index is 3.93. The van der Waals surface area contributed by atoms with Crippen LogP contribution >= 0.6 is 0 Å². The zero-order chi connectivity index (χ0) is 11.1. The van der Waals surface area contributed by atoms with E-state index in [-0.39, 0.29) is 0 Å². The minimum absolute atomic E-state index is 0.326. The summed E-state index contributed by atoms with van der Waals surface area (Å²) in [6.45, 7) is 5.35. The molecule has 4 nitrogen and oxygen atoms in total. The van der Waals surface area contributed by atoms with Crippen LogP contribution in [0.2, 0.25) is 0 Å². The molecule has 0 rings (SSSR count). The Morgan fingerprint density at radius 1 is 1.14 bits per heavy atom. The smallest absolute Gasteiger partial charge is 0.306 e. The van der Waals surface area contributed by atoms with Gasteiger partial charge in [-0.1, -0.05) is 13.3 Å². The largest absolute Gasteiger partial charge is 0.481 e. The highest BCUT2D eigenvalue weighted by molar-refractivity contribution is 5.71. The van der Waals surface area contributed by atoms with Gasteiger partial charge in [-0.2, -0.15) is 0 Å². The standard InChI is InChI=1S/C10H17O4/c1-3-4-8(10(13)14)6-5-7(2)9(11)12/h7-8H,2-6H2,1H3,(H,11,12)(H,13,14). The molecule has 0 aliphatic carbocycles. The molecular formula is C10H17O4. The van der Waals surface area contributed by atoms with Gasteiger partial charge in [-0.15, -0.1) is 0 Å². The van der Waals surface area contributed by atoms with E-state index in [9.17, 15) is 9.59 Å². The van der Waals surface area contributed by atoms with Crippen molar-refractivity contribution in [2.45, 2.75) is 32.6 Å². The lowest BCUT2D eigenvalue weighted by Crippen LogP contribution is -2.17. The summed E-state index contributed by atoms with van der Waals surface area (Å²) < 4.78 is 0. The molecule has 2 unspecified atom stereocenters. The fraction of sp³-hybridized carbons (Fsp3) is 0.700. The Morgan fingerprint density at radius 2 is 1.71 bits per heavy atom. The van der Waals surface area contributed by atoms with E-state index < -0.39 is 23.8 Å². The maximum atomic E-state index is 10.7. The topological polar surface area (TPSA) is 74.6 Å². The van der Waals surface area contributed by atoms with Crippen LogP contribution in [0.25, 0.3) is 0 Å². The van der Waals surface area contributed by atoms with Crippen molar-refractivity contribution in [2.75, 3.05) is 0 Å². The summed E-state index contributed by atoms with van der Waals surface area (Å²) in [6.07, 6.45) is 2.11. The van der Waals surface area contributed by atoms with Gasteiger partial charge in [0.15, 0.2) is 0 Å². The van der Waals surface area contributed by atoms with E-state index in [0.717, 1.165) is 6.42 Å². The number of aliphatic carboxylic acids is 2. The average molecular weight is 201 g/mol. The van der Waals surface area contributed by atoms with E-state index in [2.05, 4.69) is 6.92 Å². The molecule has 0 aliphatic rings. The fourth-order valence-corrected chi connectivity index (χ4v) is 1.27. The summed E-state index contributed by atoms with van der Waals surface area (Å²) >= 11 is 0. The van der Waals surface area contributed by atoms with Crippen LogP contribution in [0.5, 0.6) is 0 Å². The molecule has 0 saturated heterocycles. The molecule has 0 bridgehead atoms. The zero-order valence-electron chi connectivity index (χ0n) is 8.40. The molecule has 81 valence electrons.